The van der Waals surface area contributed by atoms with Crippen LogP contribution in [0.2, 0.25) is 0 Å². The zero-order valence-electron chi connectivity index (χ0n) is 12.9. The molecule has 2 heterocycles. The van der Waals surface area contributed by atoms with Crippen LogP contribution in [0.15, 0.2) is 22.7 Å². The van der Waals surface area contributed by atoms with Crippen molar-refractivity contribution in [3.05, 3.63) is 28.2 Å². The number of rotatable bonds is 0. The van der Waals surface area contributed by atoms with Crippen molar-refractivity contribution in [2.24, 2.45) is 0 Å². The second-order valence-electron chi connectivity index (χ2n) is 7.18. The summed E-state index contributed by atoms with van der Waals surface area (Å²) in [5, 5.41) is 0. The third kappa shape index (κ3) is 2.88. The van der Waals surface area contributed by atoms with Crippen molar-refractivity contribution in [1.82, 2.24) is 4.90 Å². The number of ketones is 1. The molecule has 0 unspecified atom stereocenters. The Morgan fingerprint density at radius 1 is 1.24 bits per heavy atom. The average molecular weight is 352 g/mol. The maximum absolute atomic E-state index is 12.5. The van der Waals surface area contributed by atoms with Crippen molar-refractivity contribution in [2.45, 2.75) is 51.2 Å². The van der Waals surface area contributed by atoms with Crippen molar-refractivity contribution >= 4 is 21.7 Å². The van der Waals surface area contributed by atoms with Crippen LogP contribution in [0.1, 0.15) is 50.4 Å². The lowest BCUT2D eigenvalue weighted by atomic mass is 9.81. The van der Waals surface area contributed by atoms with E-state index in [4.69, 9.17) is 4.74 Å². The van der Waals surface area contributed by atoms with Gasteiger partial charge >= 0.3 is 0 Å². The normalized spacial score (nSPS) is 22.0. The van der Waals surface area contributed by atoms with Gasteiger partial charge in [-0.15, -0.1) is 0 Å². The highest BCUT2D eigenvalue weighted by molar-refractivity contribution is 9.10. The topological polar surface area (TPSA) is 29.5 Å². The molecule has 0 aromatic heterocycles. The summed E-state index contributed by atoms with van der Waals surface area (Å²) in [5.41, 5.74) is 0.608. The fourth-order valence-corrected chi connectivity index (χ4v) is 3.69. The molecule has 114 valence electrons. The van der Waals surface area contributed by atoms with Crippen molar-refractivity contribution in [1.29, 1.82) is 0 Å². The van der Waals surface area contributed by atoms with Crippen LogP contribution in [-0.2, 0) is 0 Å². The molecule has 3 nitrogen and oxygen atoms in total. The lowest BCUT2D eigenvalue weighted by molar-refractivity contribution is -0.0295. The number of benzene rings is 1. The van der Waals surface area contributed by atoms with Gasteiger partial charge in [-0.25, -0.2) is 0 Å². The van der Waals surface area contributed by atoms with E-state index in [9.17, 15) is 4.79 Å². The third-order valence-corrected chi connectivity index (χ3v) is 5.17. The highest BCUT2D eigenvalue weighted by atomic mass is 79.9. The number of hydrogen-bond donors (Lipinski definition) is 0. The quantitative estimate of drug-likeness (QED) is 0.706. The molecule has 2 aliphatic rings. The molecule has 2 aliphatic heterocycles. The number of halogens is 1. The van der Waals surface area contributed by atoms with Crippen LogP contribution in [0.4, 0.5) is 0 Å². The van der Waals surface area contributed by atoms with E-state index in [-0.39, 0.29) is 16.9 Å². The van der Waals surface area contributed by atoms with Crippen LogP contribution in [0.3, 0.4) is 0 Å². The highest BCUT2D eigenvalue weighted by Crippen LogP contribution is 2.41. The number of carbonyl (C=O) groups excluding carboxylic acids is 1. The van der Waals surface area contributed by atoms with Gasteiger partial charge in [0.05, 0.1) is 12.0 Å². The van der Waals surface area contributed by atoms with Crippen LogP contribution in [-0.4, -0.2) is 34.9 Å². The van der Waals surface area contributed by atoms with Gasteiger partial charge in [0.2, 0.25) is 0 Å². The van der Waals surface area contributed by atoms with Gasteiger partial charge in [0.25, 0.3) is 0 Å². The van der Waals surface area contributed by atoms with Crippen molar-refractivity contribution in [3.63, 3.8) is 0 Å². The van der Waals surface area contributed by atoms with E-state index in [0.29, 0.717) is 12.0 Å². The summed E-state index contributed by atoms with van der Waals surface area (Å²) in [6, 6.07) is 5.72. The van der Waals surface area contributed by atoms with Crippen LogP contribution in [0.25, 0.3) is 0 Å². The SMILES string of the molecule is CC(C)(C)N1CCC2(CC1)CC(=O)c1cc(Br)ccc1O2. The maximum Gasteiger partial charge on any atom is 0.170 e. The summed E-state index contributed by atoms with van der Waals surface area (Å²) in [7, 11) is 0. The minimum absolute atomic E-state index is 0.184. The Labute approximate surface area is 134 Å². The molecule has 0 radical (unpaired) electrons. The number of fused-ring (bicyclic) bond motifs is 1. The fourth-order valence-electron chi connectivity index (χ4n) is 3.33. The van der Waals surface area contributed by atoms with E-state index < -0.39 is 0 Å². The van der Waals surface area contributed by atoms with Gasteiger partial charge in [0, 0.05) is 35.9 Å². The summed E-state index contributed by atoms with van der Waals surface area (Å²) in [6.45, 7) is 8.70. The maximum atomic E-state index is 12.5. The van der Waals surface area contributed by atoms with Crippen molar-refractivity contribution in [3.8, 4) is 5.75 Å². The van der Waals surface area contributed by atoms with Crippen molar-refractivity contribution < 1.29 is 9.53 Å². The van der Waals surface area contributed by atoms with Gasteiger partial charge in [-0.1, -0.05) is 15.9 Å². The number of likely N-dealkylation sites (tertiary alicyclic amines) is 1. The van der Waals surface area contributed by atoms with Gasteiger partial charge < -0.3 is 4.74 Å². The monoisotopic (exact) mass is 351 g/mol. The number of hydrogen-bond acceptors (Lipinski definition) is 3. The minimum atomic E-state index is -0.292. The summed E-state index contributed by atoms with van der Waals surface area (Å²) in [4.78, 5) is 15.0. The molecule has 1 aromatic rings. The molecule has 0 bridgehead atoms. The number of nitrogens with zero attached hydrogens (tertiary/aromatic N) is 1. The summed E-state index contributed by atoms with van der Waals surface area (Å²) < 4.78 is 7.21. The van der Waals surface area contributed by atoms with E-state index >= 15 is 0 Å². The Kier molecular flexibility index (Phi) is 3.65. The predicted octanol–water partition coefficient (Wildman–Crippen LogP) is 4.05. The Morgan fingerprint density at radius 2 is 1.90 bits per heavy atom. The second-order valence-corrected chi connectivity index (χ2v) is 8.10. The number of carbonyl (C=O) groups is 1. The Hall–Kier alpha value is -0.870. The Bertz CT molecular complexity index is 569. The number of Topliss-reactive ketones (excluding diaryl/α,β-unsaturated/α-hetero) is 1. The number of ether oxygens (including phenoxy) is 1. The zero-order valence-corrected chi connectivity index (χ0v) is 14.5. The van der Waals surface area contributed by atoms with Crippen LogP contribution < -0.4 is 4.74 Å². The fraction of sp³-hybridized carbons (Fsp3) is 0.588. The molecule has 3 rings (SSSR count). The molecular weight excluding hydrogens is 330 g/mol. The van der Waals surface area contributed by atoms with E-state index in [1.165, 1.54) is 0 Å². The molecule has 1 saturated heterocycles. The van der Waals surface area contributed by atoms with Crippen LogP contribution in [0.5, 0.6) is 5.75 Å². The largest absolute Gasteiger partial charge is 0.486 e. The van der Waals surface area contributed by atoms with Gasteiger partial charge in [-0.3, -0.25) is 9.69 Å². The zero-order chi connectivity index (χ0) is 15.3. The first-order valence-corrected chi connectivity index (χ1v) is 8.35. The van der Waals surface area contributed by atoms with Crippen LogP contribution in [0, 0.1) is 0 Å². The predicted molar refractivity (Wildman–Crippen MR) is 87.0 cm³/mol. The number of piperidine rings is 1. The summed E-state index contributed by atoms with van der Waals surface area (Å²) in [5.74, 6) is 0.959. The molecule has 0 amide bonds. The van der Waals surface area contributed by atoms with Crippen LogP contribution >= 0.6 is 15.9 Å². The molecule has 0 N–H and O–H groups in total. The average Bonchev–Trinajstić information content (AvgIpc) is 2.39. The summed E-state index contributed by atoms with van der Waals surface area (Å²) >= 11 is 3.42. The van der Waals surface area contributed by atoms with E-state index in [2.05, 4.69) is 41.6 Å². The first-order valence-electron chi connectivity index (χ1n) is 7.56. The van der Waals surface area contributed by atoms with E-state index in [0.717, 1.165) is 36.2 Å². The van der Waals surface area contributed by atoms with Crippen molar-refractivity contribution in [2.75, 3.05) is 13.1 Å². The Balaban J connectivity index is 1.80. The molecule has 1 fully saturated rings. The van der Waals surface area contributed by atoms with E-state index in [1.54, 1.807) is 0 Å². The first-order chi connectivity index (χ1) is 9.79. The van der Waals surface area contributed by atoms with Gasteiger partial charge in [-0.05, 0) is 39.0 Å². The molecule has 1 aromatic carbocycles. The molecule has 0 atom stereocenters. The lowest BCUT2D eigenvalue weighted by Crippen LogP contribution is -2.55. The molecule has 1 spiro atoms. The molecular formula is C17H22BrNO2. The van der Waals surface area contributed by atoms with Gasteiger partial charge in [-0.2, -0.15) is 0 Å². The molecule has 0 saturated carbocycles. The Morgan fingerprint density at radius 3 is 2.52 bits per heavy atom. The lowest BCUT2D eigenvalue weighted by Gasteiger charge is -2.47. The molecule has 21 heavy (non-hydrogen) atoms. The van der Waals surface area contributed by atoms with Gasteiger partial charge in [0.15, 0.2) is 5.78 Å². The second kappa shape index (κ2) is 5.10. The first kappa shape index (κ1) is 15.0. The minimum Gasteiger partial charge on any atom is -0.486 e. The van der Waals surface area contributed by atoms with E-state index in [1.807, 2.05) is 18.2 Å². The highest BCUT2D eigenvalue weighted by Gasteiger charge is 2.44. The third-order valence-electron chi connectivity index (χ3n) is 4.67. The summed E-state index contributed by atoms with van der Waals surface area (Å²) in [6.07, 6.45) is 2.35. The standard InChI is InChI=1S/C17H22BrNO2/c1-16(2,3)19-8-6-17(7-9-19)11-14(20)13-10-12(18)4-5-15(13)21-17/h4-5,10H,6-9,11H2,1-3H3. The molecule has 4 heteroatoms. The molecule has 0 aliphatic carbocycles. The van der Waals surface area contributed by atoms with Gasteiger partial charge in [0.1, 0.15) is 11.4 Å². The smallest absolute Gasteiger partial charge is 0.170 e.